The molecule has 0 saturated carbocycles. The van der Waals surface area contributed by atoms with Crippen molar-refractivity contribution < 1.29 is 44.6 Å². The monoisotopic (exact) mass is 160 g/mol. The van der Waals surface area contributed by atoms with Crippen molar-refractivity contribution in [3.63, 3.8) is 0 Å². The fourth-order valence-electron chi connectivity index (χ4n) is 0. The first-order valence-electron chi connectivity index (χ1n) is 1.06. The molecule has 0 atom stereocenters. The van der Waals surface area contributed by atoms with Gasteiger partial charge in [-0.05, 0) is 0 Å². The first-order valence-corrected chi connectivity index (χ1v) is 1.47. The summed E-state index contributed by atoms with van der Waals surface area (Å²) in [5.74, 6) is 0. The molecular formula is C2H5N2NaO3S. The quantitative estimate of drug-likeness (QED) is 0.214. The van der Waals surface area contributed by atoms with Crippen molar-refractivity contribution in [2.45, 2.75) is 0 Å². The fraction of sp³-hybridized carbons (Fsp3) is 0. The minimum absolute atomic E-state index is 0. The summed E-state index contributed by atoms with van der Waals surface area (Å²) in [6.07, 6.45) is -2.08. The van der Waals surface area contributed by atoms with E-state index in [2.05, 4.69) is 12.6 Å². The summed E-state index contributed by atoms with van der Waals surface area (Å²) < 4.78 is 0. The summed E-state index contributed by atoms with van der Waals surface area (Å²) in [5, 5.41) is 23.8. The minimum Gasteiger partial charge on any atom is -0.696 e. The van der Waals surface area contributed by atoms with Gasteiger partial charge in [0.15, 0.2) is 0 Å². The van der Waals surface area contributed by atoms with Gasteiger partial charge < -0.3 is 33.8 Å². The van der Waals surface area contributed by atoms with Gasteiger partial charge in [-0.3, -0.25) is 0 Å². The molecule has 5 nitrogen and oxygen atoms in total. The SMILES string of the molecule is N#C[S-].O=C([O-])O.[NH4+].[Na+]. The molecule has 0 saturated heterocycles. The first-order chi connectivity index (χ1) is 3.15. The van der Waals surface area contributed by atoms with Crippen molar-refractivity contribution in [1.29, 1.82) is 5.26 Å². The van der Waals surface area contributed by atoms with Gasteiger partial charge in [0.1, 0.15) is 0 Å². The summed E-state index contributed by atoms with van der Waals surface area (Å²) >= 11 is 3.70. The van der Waals surface area contributed by atoms with Crippen LogP contribution < -0.4 is 40.8 Å². The van der Waals surface area contributed by atoms with Crippen molar-refractivity contribution >= 4 is 18.8 Å². The third-order valence-corrected chi connectivity index (χ3v) is 0. The average Bonchev–Trinajstić information content (AvgIpc) is 1.33. The van der Waals surface area contributed by atoms with Crippen LogP contribution >= 0.6 is 0 Å². The van der Waals surface area contributed by atoms with E-state index < -0.39 is 6.16 Å². The molecule has 7 heteroatoms. The van der Waals surface area contributed by atoms with E-state index in [1.165, 1.54) is 5.40 Å². The molecule has 0 spiro atoms. The number of carbonyl (C=O) groups is 1. The summed E-state index contributed by atoms with van der Waals surface area (Å²) in [7, 11) is 0. The van der Waals surface area contributed by atoms with E-state index in [1.807, 2.05) is 0 Å². The van der Waals surface area contributed by atoms with Crippen molar-refractivity contribution in [3.8, 4) is 5.40 Å². The Balaban J connectivity index is -0.0000000233. The molecule has 9 heavy (non-hydrogen) atoms. The maximum absolute atomic E-state index is 8.44. The van der Waals surface area contributed by atoms with Crippen LogP contribution in [0.3, 0.4) is 0 Å². The fourth-order valence-corrected chi connectivity index (χ4v) is 0. The Kier molecular flexibility index (Phi) is 63.2. The van der Waals surface area contributed by atoms with Gasteiger partial charge in [0.05, 0.1) is 0 Å². The van der Waals surface area contributed by atoms with E-state index in [4.69, 9.17) is 20.3 Å². The summed E-state index contributed by atoms with van der Waals surface area (Å²) in [6, 6.07) is 0. The molecule has 0 aromatic heterocycles. The first kappa shape index (κ1) is 23.1. The Morgan fingerprint density at radius 2 is 1.78 bits per heavy atom. The second kappa shape index (κ2) is 24.6. The number of rotatable bonds is 0. The van der Waals surface area contributed by atoms with Crippen LogP contribution in [0.4, 0.5) is 4.79 Å². The van der Waals surface area contributed by atoms with E-state index in [1.54, 1.807) is 0 Å². The molecule has 0 aliphatic carbocycles. The van der Waals surface area contributed by atoms with Gasteiger partial charge >= 0.3 is 29.6 Å². The summed E-state index contributed by atoms with van der Waals surface area (Å²) in [4.78, 5) is 8.44. The summed E-state index contributed by atoms with van der Waals surface area (Å²) in [5.41, 5.74) is 0. The molecule has 0 aromatic rings. The van der Waals surface area contributed by atoms with Gasteiger partial charge in [0.25, 0.3) is 0 Å². The van der Waals surface area contributed by atoms with Crippen molar-refractivity contribution in [2.75, 3.05) is 0 Å². The number of hydrogen-bond donors (Lipinski definition) is 2. The topological polar surface area (TPSA) is 121 Å². The van der Waals surface area contributed by atoms with Crippen LogP contribution in [-0.2, 0) is 12.6 Å². The predicted octanol–water partition coefficient (Wildman–Crippen LogP) is -3.72. The Labute approximate surface area is 80.0 Å². The molecule has 0 unspecified atom stereocenters. The number of nitriles is 1. The molecule has 0 fully saturated rings. The molecule has 0 rings (SSSR count). The standard InChI is InChI=1S/CHNS.CH2O3.H3N.Na/c2-1-3;2-1(3)4;;/h3H;(H2,2,3,4);1H3;/q;;;+1/p-1. The minimum atomic E-state index is -2.08. The molecule has 0 aliphatic heterocycles. The molecule has 0 heterocycles. The van der Waals surface area contributed by atoms with Crippen LogP contribution in [0.2, 0.25) is 0 Å². The number of quaternary nitrogens is 1. The van der Waals surface area contributed by atoms with E-state index in [0.29, 0.717) is 0 Å². The number of thiocyanates is 1. The maximum atomic E-state index is 8.44. The summed E-state index contributed by atoms with van der Waals surface area (Å²) in [6.45, 7) is 0. The van der Waals surface area contributed by atoms with Crippen molar-refractivity contribution in [2.24, 2.45) is 0 Å². The van der Waals surface area contributed by atoms with E-state index in [-0.39, 0.29) is 35.7 Å². The van der Waals surface area contributed by atoms with E-state index >= 15 is 0 Å². The van der Waals surface area contributed by atoms with Crippen LogP contribution in [-0.4, -0.2) is 11.3 Å². The number of carboxylic acid groups (broad SMARTS) is 2. The van der Waals surface area contributed by atoms with E-state index in [0.717, 1.165) is 0 Å². The van der Waals surface area contributed by atoms with Crippen LogP contribution in [0.1, 0.15) is 0 Å². The Morgan fingerprint density at radius 1 is 1.78 bits per heavy atom. The number of nitrogens with zero attached hydrogens (tertiary/aromatic N) is 1. The van der Waals surface area contributed by atoms with Crippen molar-refractivity contribution in [1.82, 2.24) is 6.15 Å². The largest absolute Gasteiger partial charge is 1.00 e. The Bertz CT molecular complexity index is 88.3. The maximum Gasteiger partial charge on any atom is 1.00 e. The number of hydrogen-bond acceptors (Lipinski definition) is 4. The Morgan fingerprint density at radius 3 is 1.78 bits per heavy atom. The van der Waals surface area contributed by atoms with Gasteiger partial charge in [0.2, 0.25) is 6.16 Å². The average molecular weight is 160 g/mol. The van der Waals surface area contributed by atoms with Crippen LogP contribution in [0.15, 0.2) is 0 Å². The van der Waals surface area contributed by atoms with Gasteiger partial charge in [0, 0.05) is 0 Å². The smallest absolute Gasteiger partial charge is 0.696 e. The van der Waals surface area contributed by atoms with Gasteiger partial charge in [-0.25, -0.2) is 5.26 Å². The molecule has 0 bridgehead atoms. The molecule has 0 amide bonds. The molecule has 0 aliphatic rings. The Hall–Kier alpha value is -0.0600. The van der Waals surface area contributed by atoms with E-state index in [9.17, 15) is 0 Å². The van der Waals surface area contributed by atoms with Gasteiger partial charge in [-0.2, -0.15) is 0 Å². The van der Waals surface area contributed by atoms with Crippen LogP contribution in [0.5, 0.6) is 0 Å². The zero-order valence-electron chi connectivity index (χ0n) is 5.12. The molecule has 48 valence electrons. The molecular weight excluding hydrogens is 155 g/mol. The normalized spacial score (nSPS) is 3.44. The second-order valence-electron chi connectivity index (χ2n) is 0.357. The third kappa shape index (κ3) is 77800. The van der Waals surface area contributed by atoms with Gasteiger partial charge in [-0.1, -0.05) is 5.40 Å². The van der Waals surface area contributed by atoms with Crippen LogP contribution in [0, 0.1) is 10.7 Å². The molecule has 0 aromatic carbocycles. The molecule has 0 radical (unpaired) electrons. The van der Waals surface area contributed by atoms with Gasteiger partial charge in [-0.15, -0.1) is 0 Å². The van der Waals surface area contributed by atoms with Crippen molar-refractivity contribution in [3.05, 3.63) is 0 Å². The predicted molar refractivity (Wildman–Crippen MR) is 27.0 cm³/mol. The third-order valence-electron chi connectivity index (χ3n) is 0. The second-order valence-corrected chi connectivity index (χ2v) is 0.540. The zero-order valence-corrected chi connectivity index (χ0v) is 7.94. The zero-order chi connectivity index (χ0) is 6.28. The van der Waals surface area contributed by atoms with Crippen LogP contribution in [0.25, 0.3) is 0 Å². The molecule has 5 N–H and O–H groups in total.